The number of ether oxygens (including phenoxy) is 1. The van der Waals surface area contributed by atoms with Crippen molar-refractivity contribution >= 4 is 5.78 Å². The molecule has 0 aromatic rings. The Morgan fingerprint density at radius 1 is 1.26 bits per heavy atom. The van der Waals surface area contributed by atoms with Gasteiger partial charge in [-0.2, -0.15) is 0 Å². The fourth-order valence-corrected chi connectivity index (χ4v) is 3.28. The summed E-state index contributed by atoms with van der Waals surface area (Å²) in [6.45, 7) is 12.2. The summed E-state index contributed by atoms with van der Waals surface area (Å²) in [6.07, 6.45) is 5.04. The first-order valence-corrected chi connectivity index (χ1v) is 7.76. The first-order valence-electron chi connectivity index (χ1n) is 7.76. The Kier molecular flexibility index (Phi) is 4.08. The molecular formula is C16H29NO2. The summed E-state index contributed by atoms with van der Waals surface area (Å²) < 4.78 is 5.99. The van der Waals surface area contributed by atoms with Crippen molar-refractivity contribution < 1.29 is 9.53 Å². The van der Waals surface area contributed by atoms with Gasteiger partial charge in [-0.3, -0.25) is 9.69 Å². The van der Waals surface area contributed by atoms with Crippen molar-refractivity contribution in [2.75, 3.05) is 13.1 Å². The number of carbonyl (C=O) groups is 1. The minimum absolute atomic E-state index is 0.0138. The van der Waals surface area contributed by atoms with Crippen LogP contribution in [0.4, 0.5) is 0 Å². The molecule has 1 aliphatic heterocycles. The molecule has 1 atom stereocenters. The summed E-state index contributed by atoms with van der Waals surface area (Å²) >= 11 is 0. The van der Waals surface area contributed by atoms with E-state index < -0.39 is 5.60 Å². The quantitative estimate of drug-likeness (QED) is 0.741. The van der Waals surface area contributed by atoms with E-state index >= 15 is 0 Å². The first-order chi connectivity index (χ1) is 8.78. The number of unbranched alkanes of at least 4 members (excludes halogenated alkanes) is 1. The molecule has 2 fully saturated rings. The van der Waals surface area contributed by atoms with E-state index in [-0.39, 0.29) is 17.3 Å². The summed E-state index contributed by atoms with van der Waals surface area (Å²) in [5.41, 5.74) is -0.950. The van der Waals surface area contributed by atoms with Crippen LogP contribution in [0.3, 0.4) is 0 Å². The van der Waals surface area contributed by atoms with E-state index in [1.807, 2.05) is 13.8 Å². The molecule has 2 rings (SSSR count). The van der Waals surface area contributed by atoms with E-state index in [9.17, 15) is 4.79 Å². The topological polar surface area (TPSA) is 29.5 Å². The second-order valence-electron chi connectivity index (χ2n) is 7.21. The molecule has 0 radical (unpaired) electrons. The van der Waals surface area contributed by atoms with Crippen LogP contribution in [0.25, 0.3) is 0 Å². The zero-order valence-corrected chi connectivity index (χ0v) is 13.2. The zero-order valence-electron chi connectivity index (χ0n) is 13.2. The van der Waals surface area contributed by atoms with E-state index in [0.717, 1.165) is 19.1 Å². The van der Waals surface area contributed by atoms with Crippen LogP contribution in [0.5, 0.6) is 0 Å². The van der Waals surface area contributed by atoms with Gasteiger partial charge in [0.25, 0.3) is 0 Å². The van der Waals surface area contributed by atoms with Gasteiger partial charge in [0, 0.05) is 12.6 Å². The second kappa shape index (κ2) is 5.17. The average Bonchev–Trinajstić information content (AvgIpc) is 3.08. The van der Waals surface area contributed by atoms with Crippen molar-refractivity contribution in [2.24, 2.45) is 5.92 Å². The molecule has 110 valence electrons. The summed E-state index contributed by atoms with van der Waals surface area (Å²) in [7, 11) is 0. The monoisotopic (exact) mass is 267 g/mol. The highest BCUT2D eigenvalue weighted by atomic mass is 16.5. The molecule has 0 spiro atoms. The number of Topliss-reactive ketones (excluding diaryl/α,β-unsaturated/α-hetero) is 1. The van der Waals surface area contributed by atoms with Crippen LogP contribution in [-0.4, -0.2) is 41.0 Å². The van der Waals surface area contributed by atoms with Gasteiger partial charge >= 0.3 is 0 Å². The predicted molar refractivity (Wildman–Crippen MR) is 77.2 cm³/mol. The van der Waals surface area contributed by atoms with Gasteiger partial charge in [0.2, 0.25) is 0 Å². The molecular weight excluding hydrogens is 238 g/mol. The molecule has 0 amide bonds. The number of nitrogens with zero attached hydrogens (tertiary/aromatic N) is 1. The Bertz CT molecular complexity index is 345. The number of ketones is 1. The summed E-state index contributed by atoms with van der Waals surface area (Å²) in [4.78, 5) is 15.1. The lowest BCUT2D eigenvalue weighted by Gasteiger charge is -2.30. The highest BCUT2D eigenvalue weighted by molar-refractivity contribution is 5.91. The van der Waals surface area contributed by atoms with Crippen molar-refractivity contribution in [3.05, 3.63) is 0 Å². The minimum atomic E-state index is -0.617. The lowest BCUT2D eigenvalue weighted by Crippen LogP contribution is -2.42. The maximum atomic E-state index is 12.5. The van der Waals surface area contributed by atoms with Crippen molar-refractivity contribution in [2.45, 2.75) is 77.5 Å². The molecule has 3 heteroatoms. The Balaban J connectivity index is 2.05. The molecule has 0 N–H and O–H groups in total. The molecule has 1 aliphatic carbocycles. The third-order valence-electron chi connectivity index (χ3n) is 4.55. The largest absolute Gasteiger partial charge is 0.361 e. The van der Waals surface area contributed by atoms with Crippen molar-refractivity contribution in [1.29, 1.82) is 0 Å². The van der Waals surface area contributed by atoms with Gasteiger partial charge in [0.1, 0.15) is 5.60 Å². The highest BCUT2D eigenvalue weighted by Gasteiger charge is 2.54. The van der Waals surface area contributed by atoms with Crippen LogP contribution in [-0.2, 0) is 9.53 Å². The summed E-state index contributed by atoms with van der Waals surface area (Å²) in [5, 5.41) is 0. The van der Waals surface area contributed by atoms with E-state index in [4.69, 9.17) is 4.74 Å². The fourth-order valence-electron chi connectivity index (χ4n) is 3.28. The molecule has 0 aromatic heterocycles. The minimum Gasteiger partial charge on any atom is -0.361 e. The van der Waals surface area contributed by atoms with Crippen LogP contribution in [0.15, 0.2) is 0 Å². The second-order valence-corrected chi connectivity index (χ2v) is 7.21. The maximum Gasteiger partial charge on any atom is 0.171 e. The van der Waals surface area contributed by atoms with Gasteiger partial charge in [-0.15, -0.1) is 0 Å². The standard InChI is InChI=1S/C16H29NO2/c1-6-7-10-17(12-8-9-12)11-13-14(18)16(4,5)19-15(13,2)3/h12-13H,6-11H2,1-5H3. The zero-order chi connectivity index (χ0) is 14.3. The van der Waals surface area contributed by atoms with Gasteiger partial charge in [0.15, 0.2) is 5.78 Å². The predicted octanol–water partition coefficient (Wildman–Crippen LogP) is 3.02. The number of hydrogen-bond acceptors (Lipinski definition) is 3. The SMILES string of the molecule is CCCCN(CC1C(=O)C(C)(C)OC1(C)C)C1CC1. The Morgan fingerprint density at radius 3 is 2.32 bits per heavy atom. The molecule has 1 saturated heterocycles. The lowest BCUT2D eigenvalue weighted by molar-refractivity contribution is -0.132. The number of hydrogen-bond donors (Lipinski definition) is 0. The van der Waals surface area contributed by atoms with Crippen LogP contribution in [0, 0.1) is 5.92 Å². The molecule has 0 aromatic carbocycles. The highest BCUT2D eigenvalue weighted by Crippen LogP contribution is 2.40. The van der Waals surface area contributed by atoms with E-state index in [2.05, 4.69) is 25.7 Å². The third-order valence-corrected chi connectivity index (χ3v) is 4.55. The van der Waals surface area contributed by atoms with Gasteiger partial charge in [-0.1, -0.05) is 13.3 Å². The van der Waals surface area contributed by atoms with Gasteiger partial charge in [-0.05, 0) is 53.5 Å². The lowest BCUT2D eigenvalue weighted by atomic mass is 9.85. The summed E-state index contributed by atoms with van der Waals surface area (Å²) in [5.74, 6) is 0.291. The van der Waals surface area contributed by atoms with Crippen LogP contribution in [0.1, 0.15) is 60.3 Å². The van der Waals surface area contributed by atoms with E-state index in [1.54, 1.807) is 0 Å². The smallest absolute Gasteiger partial charge is 0.171 e. The molecule has 1 unspecified atom stereocenters. The molecule has 1 saturated carbocycles. The van der Waals surface area contributed by atoms with Crippen LogP contribution < -0.4 is 0 Å². The molecule has 2 aliphatic rings. The molecule has 0 bridgehead atoms. The Morgan fingerprint density at radius 2 is 1.89 bits per heavy atom. The normalized spacial score (nSPS) is 29.2. The van der Waals surface area contributed by atoms with E-state index in [1.165, 1.54) is 25.7 Å². The molecule has 1 heterocycles. The van der Waals surface area contributed by atoms with Crippen LogP contribution >= 0.6 is 0 Å². The average molecular weight is 267 g/mol. The number of rotatable bonds is 6. The van der Waals surface area contributed by atoms with Gasteiger partial charge < -0.3 is 4.74 Å². The third kappa shape index (κ3) is 3.19. The van der Waals surface area contributed by atoms with E-state index in [0.29, 0.717) is 0 Å². The van der Waals surface area contributed by atoms with Crippen molar-refractivity contribution in [3.8, 4) is 0 Å². The van der Waals surface area contributed by atoms with Crippen molar-refractivity contribution in [3.63, 3.8) is 0 Å². The van der Waals surface area contributed by atoms with Crippen LogP contribution in [0.2, 0.25) is 0 Å². The Labute approximate surface area is 117 Å². The molecule has 3 nitrogen and oxygen atoms in total. The van der Waals surface area contributed by atoms with Gasteiger partial charge in [0.05, 0.1) is 11.5 Å². The summed E-state index contributed by atoms with van der Waals surface area (Å²) in [6, 6.07) is 0.721. The molecule has 19 heavy (non-hydrogen) atoms. The number of carbonyl (C=O) groups excluding carboxylic acids is 1. The van der Waals surface area contributed by atoms with Crippen molar-refractivity contribution in [1.82, 2.24) is 4.90 Å². The Hall–Kier alpha value is -0.410. The van der Waals surface area contributed by atoms with Gasteiger partial charge in [-0.25, -0.2) is 0 Å². The maximum absolute atomic E-state index is 12.5. The fraction of sp³-hybridized carbons (Fsp3) is 0.938. The first kappa shape index (κ1) is 15.0.